The van der Waals surface area contributed by atoms with Gasteiger partial charge in [-0.3, -0.25) is 0 Å². The van der Waals surface area contributed by atoms with Crippen LogP contribution in [0.15, 0.2) is 28.5 Å². The van der Waals surface area contributed by atoms with Crippen LogP contribution in [0.3, 0.4) is 0 Å². The monoisotopic (exact) mass is 238 g/mol. The van der Waals surface area contributed by atoms with Gasteiger partial charge in [-0.2, -0.15) is 0 Å². The largest absolute Gasteiger partial charge is 0.386 e. The minimum absolute atomic E-state index is 0.296. The fraction of sp³-hybridized carbons (Fsp3) is 0.333. The van der Waals surface area contributed by atoms with Crippen molar-refractivity contribution in [3.05, 3.63) is 34.7 Å². The summed E-state index contributed by atoms with van der Waals surface area (Å²) in [5.74, 6) is 0. The molecule has 0 unspecified atom stereocenters. The second kappa shape index (κ2) is 3.18. The second-order valence-corrected chi connectivity index (χ2v) is 6.35. The van der Waals surface area contributed by atoms with Gasteiger partial charge in [-0.05, 0) is 38.0 Å². The minimum Gasteiger partial charge on any atom is -0.386 e. The van der Waals surface area contributed by atoms with E-state index in [1.165, 1.54) is 5.41 Å². The molecule has 16 heavy (non-hydrogen) atoms. The van der Waals surface area contributed by atoms with Crippen molar-refractivity contribution in [1.29, 1.82) is 0 Å². The molecule has 1 aliphatic heterocycles. The highest BCUT2D eigenvalue weighted by Gasteiger charge is 2.31. The number of sulfone groups is 1. The zero-order valence-corrected chi connectivity index (χ0v) is 10.3. The Morgan fingerprint density at radius 3 is 2.44 bits per heavy atom. The van der Waals surface area contributed by atoms with Crippen molar-refractivity contribution < 1.29 is 13.5 Å². The molecule has 4 heteroatoms. The van der Waals surface area contributed by atoms with Crippen molar-refractivity contribution in [3.63, 3.8) is 0 Å². The van der Waals surface area contributed by atoms with E-state index < -0.39 is 15.4 Å². The Labute approximate surface area is 95.3 Å². The number of fused-ring (bicyclic) bond motifs is 1. The van der Waals surface area contributed by atoms with Gasteiger partial charge in [0.15, 0.2) is 0 Å². The van der Waals surface area contributed by atoms with Gasteiger partial charge in [0.25, 0.3) is 0 Å². The number of aliphatic hydroxyl groups is 1. The van der Waals surface area contributed by atoms with Crippen molar-refractivity contribution in [2.24, 2.45) is 0 Å². The molecule has 1 heterocycles. The Hall–Kier alpha value is -1.13. The normalized spacial score (nSPS) is 18.1. The molecule has 0 saturated heterocycles. The van der Waals surface area contributed by atoms with Gasteiger partial charge in [-0.1, -0.05) is 12.1 Å². The van der Waals surface area contributed by atoms with Crippen molar-refractivity contribution in [3.8, 4) is 0 Å². The van der Waals surface area contributed by atoms with E-state index in [1.54, 1.807) is 39.0 Å². The Bertz CT molecular complexity index is 575. The summed E-state index contributed by atoms with van der Waals surface area (Å²) in [5.41, 5.74) is 0.947. The number of hydrogen-bond acceptors (Lipinski definition) is 3. The smallest absolute Gasteiger partial charge is 0.200 e. The van der Waals surface area contributed by atoms with Crippen LogP contribution in [-0.2, 0) is 15.4 Å². The Kier molecular flexibility index (Phi) is 2.26. The van der Waals surface area contributed by atoms with Crippen LogP contribution in [0.2, 0.25) is 0 Å². The third-order valence-electron chi connectivity index (χ3n) is 2.72. The molecule has 3 nitrogen and oxygen atoms in total. The molecule has 1 aliphatic rings. The molecule has 1 aromatic rings. The van der Waals surface area contributed by atoms with E-state index >= 15 is 0 Å². The van der Waals surface area contributed by atoms with E-state index in [0.717, 1.165) is 0 Å². The highest BCUT2D eigenvalue weighted by Crippen LogP contribution is 2.39. The fourth-order valence-electron chi connectivity index (χ4n) is 2.04. The Morgan fingerprint density at radius 1 is 1.25 bits per heavy atom. The lowest BCUT2D eigenvalue weighted by molar-refractivity contribution is 0.0781. The first-order chi connectivity index (χ1) is 7.23. The second-order valence-electron chi connectivity index (χ2n) is 4.58. The Morgan fingerprint density at radius 2 is 1.88 bits per heavy atom. The number of allylic oxidation sites excluding steroid dienone is 1. The summed E-state index contributed by atoms with van der Waals surface area (Å²) in [7, 11) is -3.31. The van der Waals surface area contributed by atoms with Gasteiger partial charge in [0, 0.05) is 11.0 Å². The average molecular weight is 238 g/mol. The molecule has 1 N–H and O–H groups in total. The topological polar surface area (TPSA) is 54.4 Å². The van der Waals surface area contributed by atoms with Crippen molar-refractivity contribution in [2.75, 3.05) is 0 Å². The summed E-state index contributed by atoms with van der Waals surface area (Å²) < 4.78 is 23.6. The first-order valence-corrected chi connectivity index (χ1v) is 6.58. The highest BCUT2D eigenvalue weighted by atomic mass is 32.2. The van der Waals surface area contributed by atoms with Crippen molar-refractivity contribution in [2.45, 2.75) is 31.3 Å². The van der Waals surface area contributed by atoms with Crippen LogP contribution in [0, 0.1) is 0 Å². The predicted molar refractivity (Wildman–Crippen MR) is 62.5 cm³/mol. The number of benzene rings is 1. The molecule has 0 amide bonds. The molecule has 1 aromatic carbocycles. The minimum atomic E-state index is -3.31. The summed E-state index contributed by atoms with van der Waals surface area (Å²) in [5, 5.41) is 11.3. The van der Waals surface area contributed by atoms with Gasteiger partial charge in [-0.25, -0.2) is 8.42 Å². The van der Waals surface area contributed by atoms with E-state index in [9.17, 15) is 13.5 Å². The summed E-state index contributed by atoms with van der Waals surface area (Å²) in [4.78, 5) is 0.296. The van der Waals surface area contributed by atoms with Crippen molar-refractivity contribution >= 4 is 15.4 Å². The number of hydrogen-bond donors (Lipinski definition) is 1. The molecule has 0 atom stereocenters. The molecular weight excluding hydrogens is 224 g/mol. The van der Waals surface area contributed by atoms with Gasteiger partial charge >= 0.3 is 0 Å². The quantitative estimate of drug-likeness (QED) is 0.814. The molecule has 0 fully saturated rings. The van der Waals surface area contributed by atoms with E-state index in [4.69, 9.17) is 0 Å². The van der Waals surface area contributed by atoms with Crippen LogP contribution in [0.4, 0.5) is 0 Å². The van der Waals surface area contributed by atoms with Crippen LogP contribution < -0.4 is 0 Å². The summed E-state index contributed by atoms with van der Waals surface area (Å²) in [6.07, 6.45) is 0. The van der Waals surface area contributed by atoms with E-state index in [1.807, 2.05) is 0 Å². The zero-order chi connectivity index (χ0) is 12.1. The zero-order valence-electron chi connectivity index (χ0n) is 9.48. The van der Waals surface area contributed by atoms with Crippen LogP contribution in [0.25, 0.3) is 5.57 Å². The molecule has 0 spiro atoms. The lowest BCUT2D eigenvalue weighted by Crippen LogP contribution is -2.18. The lowest BCUT2D eigenvalue weighted by atomic mass is 9.90. The van der Waals surface area contributed by atoms with Crippen LogP contribution in [0.1, 0.15) is 31.9 Å². The van der Waals surface area contributed by atoms with Gasteiger partial charge in [0.05, 0.1) is 10.5 Å². The van der Waals surface area contributed by atoms with E-state index in [0.29, 0.717) is 21.6 Å². The predicted octanol–water partition coefficient (Wildman–Crippen LogP) is 2.06. The first kappa shape index (κ1) is 11.4. The molecule has 0 saturated carbocycles. The summed E-state index contributed by atoms with van der Waals surface area (Å²) >= 11 is 0. The average Bonchev–Trinajstić information content (AvgIpc) is 2.36. The van der Waals surface area contributed by atoms with Gasteiger partial charge in [-0.15, -0.1) is 0 Å². The highest BCUT2D eigenvalue weighted by molar-refractivity contribution is 7.95. The molecule has 2 rings (SSSR count). The first-order valence-electron chi connectivity index (χ1n) is 5.03. The number of rotatable bonds is 1. The van der Waals surface area contributed by atoms with Gasteiger partial charge in [0.2, 0.25) is 9.84 Å². The Balaban J connectivity index is 2.83. The molecular formula is C12H14O3S. The maximum absolute atomic E-state index is 11.8. The van der Waals surface area contributed by atoms with Crippen LogP contribution in [-0.4, -0.2) is 13.5 Å². The van der Waals surface area contributed by atoms with Gasteiger partial charge in [0.1, 0.15) is 0 Å². The van der Waals surface area contributed by atoms with Gasteiger partial charge < -0.3 is 5.11 Å². The fourth-order valence-corrected chi connectivity index (χ4v) is 3.57. The van der Waals surface area contributed by atoms with E-state index in [-0.39, 0.29) is 0 Å². The molecule has 0 aromatic heterocycles. The summed E-state index contributed by atoms with van der Waals surface area (Å²) in [6.45, 7) is 5.06. The lowest BCUT2D eigenvalue weighted by Gasteiger charge is -2.21. The standard InChI is InChI=1S/C12H14O3S/c1-8-7-16(14,15)10-6-4-5-9(11(8)10)12(2,3)13/h4-7,13H,1-3H3. The van der Waals surface area contributed by atoms with E-state index in [2.05, 4.69) is 0 Å². The third kappa shape index (κ3) is 1.58. The van der Waals surface area contributed by atoms with Crippen molar-refractivity contribution in [1.82, 2.24) is 0 Å². The van der Waals surface area contributed by atoms with Crippen LogP contribution in [0.5, 0.6) is 0 Å². The molecule has 0 radical (unpaired) electrons. The summed E-state index contributed by atoms with van der Waals surface area (Å²) in [6, 6.07) is 5.00. The molecule has 0 bridgehead atoms. The maximum atomic E-state index is 11.8. The third-order valence-corrected chi connectivity index (χ3v) is 4.34. The molecule has 0 aliphatic carbocycles. The maximum Gasteiger partial charge on any atom is 0.200 e. The SMILES string of the molecule is CC1=CS(=O)(=O)c2cccc(C(C)(C)O)c21. The molecule has 86 valence electrons. The van der Waals surface area contributed by atoms with Crippen LogP contribution >= 0.6 is 0 Å².